The van der Waals surface area contributed by atoms with E-state index < -0.39 is 20.0 Å². The molecule has 0 radical (unpaired) electrons. The molecule has 0 aliphatic carbocycles. The second kappa shape index (κ2) is 10.6. The second-order valence-electron chi connectivity index (χ2n) is 8.12. The first-order valence-corrected chi connectivity index (χ1v) is 13.9. The molecule has 12 heteroatoms. The van der Waals surface area contributed by atoms with Crippen LogP contribution >= 0.6 is 11.6 Å². The van der Waals surface area contributed by atoms with Crippen LogP contribution in [0.25, 0.3) is 0 Å². The van der Waals surface area contributed by atoms with Crippen molar-refractivity contribution >= 4 is 37.6 Å². The molecule has 0 unspecified atom stereocenters. The monoisotopic (exact) mass is 529 g/mol. The van der Waals surface area contributed by atoms with Crippen LogP contribution in [-0.4, -0.2) is 65.6 Å². The van der Waals surface area contributed by atoms with Crippen molar-refractivity contribution in [2.45, 2.75) is 29.2 Å². The Morgan fingerprint density at radius 3 is 2.26 bits per heavy atom. The number of hydrogen-bond donors (Lipinski definition) is 1. The van der Waals surface area contributed by atoms with Crippen LogP contribution in [0.1, 0.15) is 18.4 Å². The highest BCUT2D eigenvalue weighted by Gasteiger charge is 2.33. The zero-order valence-electron chi connectivity index (χ0n) is 19.2. The number of hydrogen-bond acceptors (Lipinski definition) is 6. The van der Waals surface area contributed by atoms with E-state index in [1.807, 2.05) is 0 Å². The molecule has 1 heterocycles. The summed E-state index contributed by atoms with van der Waals surface area (Å²) in [6, 6.07) is 10.8. The Kier molecular flexibility index (Phi) is 8.25. The number of methoxy groups -OCH3 is 1. The largest absolute Gasteiger partial charge is 0.495 e. The van der Waals surface area contributed by atoms with Gasteiger partial charge in [-0.05, 0) is 48.7 Å². The van der Waals surface area contributed by atoms with E-state index in [0.29, 0.717) is 17.9 Å². The van der Waals surface area contributed by atoms with E-state index in [2.05, 4.69) is 5.32 Å². The van der Waals surface area contributed by atoms with Gasteiger partial charge in [-0.15, -0.1) is 0 Å². The number of piperidine rings is 1. The quantitative estimate of drug-likeness (QED) is 0.561. The maximum absolute atomic E-state index is 13.1. The highest BCUT2D eigenvalue weighted by atomic mass is 35.5. The van der Waals surface area contributed by atoms with Crippen LogP contribution in [0.15, 0.2) is 52.3 Å². The van der Waals surface area contributed by atoms with Gasteiger partial charge in [0, 0.05) is 44.7 Å². The number of halogens is 1. The summed E-state index contributed by atoms with van der Waals surface area (Å²) >= 11 is 5.99. The van der Waals surface area contributed by atoms with E-state index in [1.165, 1.54) is 49.8 Å². The van der Waals surface area contributed by atoms with Gasteiger partial charge in [-0.2, -0.15) is 4.31 Å². The van der Waals surface area contributed by atoms with E-state index in [-0.39, 0.29) is 47.0 Å². The summed E-state index contributed by atoms with van der Waals surface area (Å²) < 4.78 is 58.1. The molecule has 1 fully saturated rings. The Morgan fingerprint density at radius 1 is 1.09 bits per heavy atom. The second-order valence-corrected chi connectivity index (χ2v) is 12.6. The number of carbonyl (C=O) groups is 1. The topological polar surface area (TPSA) is 113 Å². The standard InChI is InChI=1S/C22H28ClN3O6S2/c1-25(2)33(28,29)19-7-4-16(5-8-19)15-24-22(27)17-10-12-26(13-11-17)34(30,31)21-14-18(23)6-9-20(21)32-3/h4-9,14,17H,10-13,15H2,1-3H3,(H,24,27). The average molecular weight is 530 g/mol. The summed E-state index contributed by atoms with van der Waals surface area (Å²) in [4.78, 5) is 12.8. The van der Waals surface area contributed by atoms with Crippen molar-refractivity contribution < 1.29 is 26.4 Å². The Bertz CT molecular complexity index is 1240. The van der Waals surface area contributed by atoms with Gasteiger partial charge in [-0.3, -0.25) is 4.79 Å². The number of nitrogens with zero attached hydrogens (tertiary/aromatic N) is 2. The van der Waals surface area contributed by atoms with Crippen LogP contribution in [0.5, 0.6) is 5.75 Å². The molecule has 2 aromatic carbocycles. The molecule has 186 valence electrons. The Labute approximate surface area is 205 Å². The van der Waals surface area contributed by atoms with Gasteiger partial charge >= 0.3 is 0 Å². The molecular weight excluding hydrogens is 502 g/mol. The summed E-state index contributed by atoms with van der Waals surface area (Å²) in [6.07, 6.45) is 0.766. The maximum Gasteiger partial charge on any atom is 0.246 e. The molecule has 0 saturated carbocycles. The zero-order valence-corrected chi connectivity index (χ0v) is 21.6. The number of benzene rings is 2. The predicted octanol–water partition coefficient (Wildman–Crippen LogP) is 2.32. The molecule has 0 bridgehead atoms. The van der Waals surface area contributed by atoms with Crippen molar-refractivity contribution in [1.29, 1.82) is 0 Å². The molecule has 1 amide bonds. The fourth-order valence-electron chi connectivity index (χ4n) is 3.67. The molecule has 1 saturated heterocycles. The van der Waals surface area contributed by atoms with Gasteiger partial charge in [-0.25, -0.2) is 21.1 Å². The number of ether oxygens (including phenoxy) is 1. The van der Waals surface area contributed by atoms with Gasteiger partial charge in [0.15, 0.2) is 0 Å². The van der Waals surface area contributed by atoms with Crippen LogP contribution < -0.4 is 10.1 Å². The molecule has 34 heavy (non-hydrogen) atoms. The molecular formula is C22H28ClN3O6S2. The van der Waals surface area contributed by atoms with Crippen LogP contribution in [0.2, 0.25) is 5.02 Å². The molecule has 2 aromatic rings. The van der Waals surface area contributed by atoms with E-state index in [1.54, 1.807) is 18.2 Å². The summed E-state index contributed by atoms with van der Waals surface area (Å²) in [5.41, 5.74) is 0.763. The minimum atomic E-state index is -3.81. The lowest BCUT2D eigenvalue weighted by molar-refractivity contribution is -0.126. The highest BCUT2D eigenvalue weighted by Crippen LogP contribution is 2.31. The smallest absolute Gasteiger partial charge is 0.246 e. The SMILES string of the molecule is COc1ccc(Cl)cc1S(=O)(=O)N1CCC(C(=O)NCc2ccc(S(=O)(=O)N(C)C)cc2)CC1. The van der Waals surface area contributed by atoms with Gasteiger partial charge in [-0.1, -0.05) is 23.7 Å². The lowest BCUT2D eigenvalue weighted by Crippen LogP contribution is -2.42. The van der Waals surface area contributed by atoms with Crippen LogP contribution in [0.4, 0.5) is 0 Å². The third-order valence-electron chi connectivity index (χ3n) is 5.74. The highest BCUT2D eigenvalue weighted by molar-refractivity contribution is 7.89. The molecule has 0 spiro atoms. The van der Waals surface area contributed by atoms with Crippen molar-refractivity contribution in [1.82, 2.24) is 13.9 Å². The van der Waals surface area contributed by atoms with E-state index in [0.717, 1.165) is 9.87 Å². The summed E-state index contributed by atoms with van der Waals surface area (Å²) in [6.45, 7) is 0.652. The van der Waals surface area contributed by atoms with Gasteiger partial charge < -0.3 is 10.1 Å². The minimum absolute atomic E-state index is 0.00475. The first kappa shape index (κ1) is 26.4. The number of amides is 1. The fraction of sp³-hybridized carbons (Fsp3) is 0.409. The zero-order chi connectivity index (χ0) is 25.1. The molecule has 1 N–H and O–H groups in total. The van der Waals surface area contributed by atoms with Crippen molar-refractivity contribution in [2.24, 2.45) is 5.92 Å². The van der Waals surface area contributed by atoms with Crippen LogP contribution in [0, 0.1) is 5.92 Å². The lowest BCUT2D eigenvalue weighted by atomic mass is 9.97. The number of sulfonamides is 2. The molecule has 0 aromatic heterocycles. The van der Waals surface area contributed by atoms with Gasteiger partial charge in [0.1, 0.15) is 10.6 Å². The van der Waals surface area contributed by atoms with Crippen molar-refractivity contribution in [3.8, 4) is 5.75 Å². The number of nitrogens with one attached hydrogen (secondary N) is 1. The van der Waals surface area contributed by atoms with Crippen molar-refractivity contribution in [2.75, 3.05) is 34.3 Å². The summed E-state index contributed by atoms with van der Waals surface area (Å²) in [5, 5.41) is 3.15. The molecule has 9 nitrogen and oxygen atoms in total. The Morgan fingerprint density at radius 2 is 1.71 bits per heavy atom. The molecule has 1 aliphatic rings. The maximum atomic E-state index is 13.1. The van der Waals surface area contributed by atoms with Crippen LogP contribution in [0.3, 0.4) is 0 Å². The molecule has 0 atom stereocenters. The van der Waals surface area contributed by atoms with Crippen LogP contribution in [-0.2, 0) is 31.4 Å². The first-order valence-electron chi connectivity index (χ1n) is 10.6. The Balaban J connectivity index is 1.57. The van der Waals surface area contributed by atoms with E-state index in [4.69, 9.17) is 16.3 Å². The fourth-order valence-corrected chi connectivity index (χ4v) is 6.46. The van der Waals surface area contributed by atoms with Gasteiger partial charge in [0.05, 0.1) is 12.0 Å². The Hall–Kier alpha value is -2.18. The molecule has 3 rings (SSSR count). The summed E-state index contributed by atoms with van der Waals surface area (Å²) in [7, 11) is -3.00. The summed E-state index contributed by atoms with van der Waals surface area (Å²) in [5.74, 6) is -0.267. The lowest BCUT2D eigenvalue weighted by Gasteiger charge is -2.31. The van der Waals surface area contributed by atoms with Gasteiger partial charge in [0.2, 0.25) is 26.0 Å². The number of carbonyl (C=O) groups excluding carboxylic acids is 1. The average Bonchev–Trinajstić information content (AvgIpc) is 2.82. The van der Waals surface area contributed by atoms with Crippen molar-refractivity contribution in [3.05, 3.63) is 53.1 Å². The normalized spacial score (nSPS) is 15.9. The van der Waals surface area contributed by atoms with Gasteiger partial charge in [0.25, 0.3) is 0 Å². The predicted molar refractivity (Wildman–Crippen MR) is 129 cm³/mol. The van der Waals surface area contributed by atoms with E-state index in [9.17, 15) is 21.6 Å². The molecule has 1 aliphatic heterocycles. The third kappa shape index (κ3) is 5.72. The first-order chi connectivity index (χ1) is 16.0. The third-order valence-corrected chi connectivity index (χ3v) is 9.72. The van der Waals surface area contributed by atoms with Crippen molar-refractivity contribution in [3.63, 3.8) is 0 Å². The number of rotatable bonds is 8. The minimum Gasteiger partial charge on any atom is -0.495 e. The van der Waals surface area contributed by atoms with E-state index >= 15 is 0 Å².